The standard InChI is InChI=1S/C20H12O11S2/c21-11-6-7-12(22)16-15(11)17(23)10-8-13(31-9-4-2-1-3-5-9)19(32(25,26)27)20(33(28,29)30)14(10)18(16)24/h1-8,21-22H,(H,25,26,27)(H,28,29,30). The Morgan fingerprint density at radius 2 is 1.18 bits per heavy atom. The van der Waals surface area contributed by atoms with E-state index in [1.54, 1.807) is 6.07 Å². The van der Waals surface area contributed by atoms with Gasteiger partial charge in [-0.1, -0.05) is 18.2 Å². The first-order chi connectivity index (χ1) is 15.3. The summed E-state index contributed by atoms with van der Waals surface area (Å²) >= 11 is 0. The molecule has 4 rings (SSSR count). The van der Waals surface area contributed by atoms with Gasteiger partial charge in [0.2, 0.25) is 0 Å². The molecule has 3 aromatic carbocycles. The van der Waals surface area contributed by atoms with E-state index < -0.39 is 81.1 Å². The fraction of sp³-hybridized carbons (Fsp3) is 0. The lowest BCUT2D eigenvalue weighted by atomic mass is 9.83. The molecular weight excluding hydrogens is 480 g/mol. The first-order valence-corrected chi connectivity index (χ1v) is 11.7. The van der Waals surface area contributed by atoms with Crippen molar-refractivity contribution in [3.05, 3.63) is 70.8 Å². The number of phenols is 2. The minimum Gasteiger partial charge on any atom is -0.507 e. The van der Waals surface area contributed by atoms with Gasteiger partial charge in [0, 0.05) is 5.56 Å². The first kappa shape index (κ1) is 22.4. The molecule has 33 heavy (non-hydrogen) atoms. The van der Waals surface area contributed by atoms with Crippen molar-refractivity contribution in [3.8, 4) is 23.0 Å². The molecule has 0 saturated heterocycles. The van der Waals surface area contributed by atoms with Crippen molar-refractivity contribution in [2.45, 2.75) is 9.79 Å². The third kappa shape index (κ3) is 3.62. The number of carbonyl (C=O) groups is 2. The van der Waals surface area contributed by atoms with E-state index in [-0.39, 0.29) is 5.75 Å². The number of rotatable bonds is 4. The summed E-state index contributed by atoms with van der Waals surface area (Å²) in [6.45, 7) is 0. The molecule has 0 aliphatic heterocycles. The van der Waals surface area contributed by atoms with Gasteiger partial charge in [-0.25, -0.2) is 0 Å². The number of carbonyl (C=O) groups excluding carboxylic acids is 2. The maximum absolute atomic E-state index is 13.1. The van der Waals surface area contributed by atoms with Crippen molar-refractivity contribution in [1.29, 1.82) is 0 Å². The number of benzene rings is 3. The molecule has 0 radical (unpaired) electrons. The highest BCUT2D eigenvalue weighted by molar-refractivity contribution is 7.89. The monoisotopic (exact) mass is 492 g/mol. The Hall–Kier alpha value is -3.78. The van der Waals surface area contributed by atoms with Crippen LogP contribution in [-0.4, -0.2) is 47.7 Å². The SMILES string of the molecule is O=C1c2cc(Oc3ccccc3)c(S(=O)(=O)O)c(S(=O)(=O)O)c2C(=O)c2c(O)ccc(O)c21. The molecule has 1 aliphatic carbocycles. The zero-order valence-corrected chi connectivity index (χ0v) is 17.7. The van der Waals surface area contributed by atoms with Crippen LogP contribution in [0.2, 0.25) is 0 Å². The van der Waals surface area contributed by atoms with Crippen molar-refractivity contribution >= 4 is 31.8 Å². The van der Waals surface area contributed by atoms with Crippen LogP contribution in [0.1, 0.15) is 31.8 Å². The number of fused-ring (bicyclic) bond motifs is 2. The summed E-state index contributed by atoms with van der Waals surface area (Å²) in [7, 11) is -11.1. The van der Waals surface area contributed by atoms with Gasteiger partial charge in [-0.15, -0.1) is 0 Å². The van der Waals surface area contributed by atoms with E-state index in [1.807, 2.05) is 0 Å². The number of hydrogen-bond acceptors (Lipinski definition) is 9. The largest absolute Gasteiger partial charge is 0.507 e. The fourth-order valence-electron chi connectivity index (χ4n) is 3.50. The predicted octanol–water partition coefficient (Wildman–Crippen LogP) is 2.16. The second kappa shape index (κ2) is 7.38. The lowest BCUT2D eigenvalue weighted by Gasteiger charge is -2.23. The molecular formula is C20H12O11S2. The molecule has 4 N–H and O–H groups in total. The van der Waals surface area contributed by atoms with Gasteiger partial charge in [0.05, 0.1) is 16.7 Å². The van der Waals surface area contributed by atoms with Gasteiger partial charge in [-0.3, -0.25) is 18.7 Å². The number of phenolic OH excluding ortho intramolecular Hbond substituents is 2. The zero-order chi connectivity index (χ0) is 24.3. The molecule has 0 amide bonds. The van der Waals surface area contributed by atoms with Gasteiger partial charge in [0.25, 0.3) is 20.2 Å². The van der Waals surface area contributed by atoms with Gasteiger partial charge >= 0.3 is 0 Å². The van der Waals surface area contributed by atoms with E-state index in [2.05, 4.69) is 0 Å². The summed E-state index contributed by atoms with van der Waals surface area (Å²) in [6.07, 6.45) is 0. The highest BCUT2D eigenvalue weighted by atomic mass is 32.2. The molecule has 13 heteroatoms. The van der Waals surface area contributed by atoms with E-state index in [9.17, 15) is 45.7 Å². The summed E-state index contributed by atoms with van der Waals surface area (Å²) in [5, 5.41) is 20.2. The smallest absolute Gasteiger partial charge is 0.299 e. The van der Waals surface area contributed by atoms with E-state index >= 15 is 0 Å². The van der Waals surface area contributed by atoms with Gasteiger partial charge < -0.3 is 14.9 Å². The molecule has 0 bridgehead atoms. The topological polar surface area (TPSA) is 193 Å². The van der Waals surface area contributed by atoms with Crippen LogP contribution in [0.15, 0.2) is 58.3 Å². The quantitative estimate of drug-likeness (QED) is 0.241. The number of ketones is 2. The predicted molar refractivity (Wildman–Crippen MR) is 109 cm³/mol. The highest BCUT2D eigenvalue weighted by Crippen LogP contribution is 2.45. The summed E-state index contributed by atoms with van der Waals surface area (Å²) in [5.41, 5.74) is -3.35. The van der Waals surface area contributed by atoms with Crippen LogP contribution in [-0.2, 0) is 20.2 Å². The Morgan fingerprint density at radius 1 is 0.667 bits per heavy atom. The molecule has 0 aromatic heterocycles. The van der Waals surface area contributed by atoms with Gasteiger partial charge in [-0.2, -0.15) is 16.8 Å². The van der Waals surface area contributed by atoms with E-state index in [0.29, 0.717) is 6.07 Å². The van der Waals surface area contributed by atoms with Gasteiger partial charge in [0.15, 0.2) is 22.2 Å². The molecule has 11 nitrogen and oxygen atoms in total. The molecule has 3 aromatic rings. The van der Waals surface area contributed by atoms with Crippen molar-refractivity contribution < 1.29 is 50.5 Å². The van der Waals surface area contributed by atoms with Crippen molar-refractivity contribution in [3.63, 3.8) is 0 Å². The molecule has 1 aliphatic rings. The second-order valence-electron chi connectivity index (χ2n) is 6.83. The third-order valence-electron chi connectivity index (χ3n) is 4.78. The minimum atomic E-state index is -5.59. The normalized spacial score (nSPS) is 13.4. The van der Waals surface area contributed by atoms with E-state index in [1.165, 1.54) is 24.3 Å². The lowest BCUT2D eigenvalue weighted by molar-refractivity contribution is 0.0970. The average Bonchev–Trinajstić information content (AvgIpc) is 2.72. The number of para-hydroxylation sites is 1. The third-order valence-corrected chi connectivity index (χ3v) is 6.75. The Bertz CT molecular complexity index is 1570. The molecule has 0 saturated carbocycles. The summed E-state index contributed by atoms with van der Waals surface area (Å²) < 4.78 is 73.8. The van der Waals surface area contributed by atoms with Crippen LogP contribution in [0.25, 0.3) is 0 Å². The number of aromatic hydroxyl groups is 2. The van der Waals surface area contributed by atoms with E-state index in [4.69, 9.17) is 4.74 Å². The van der Waals surface area contributed by atoms with Crippen molar-refractivity contribution in [1.82, 2.24) is 0 Å². The maximum Gasteiger partial charge on any atom is 0.299 e. The fourth-order valence-corrected chi connectivity index (χ4v) is 5.62. The molecule has 0 unspecified atom stereocenters. The Morgan fingerprint density at radius 3 is 1.70 bits per heavy atom. The summed E-state index contributed by atoms with van der Waals surface area (Å²) in [5.74, 6) is -5.02. The molecule has 0 atom stereocenters. The van der Waals surface area contributed by atoms with Gasteiger partial charge in [0.1, 0.15) is 22.1 Å². The lowest BCUT2D eigenvalue weighted by Crippen LogP contribution is -2.26. The van der Waals surface area contributed by atoms with Crippen molar-refractivity contribution in [2.24, 2.45) is 0 Å². The van der Waals surface area contributed by atoms with Crippen LogP contribution >= 0.6 is 0 Å². The highest BCUT2D eigenvalue weighted by Gasteiger charge is 2.43. The molecule has 0 fully saturated rings. The van der Waals surface area contributed by atoms with Crippen LogP contribution in [0.4, 0.5) is 0 Å². The van der Waals surface area contributed by atoms with Gasteiger partial charge in [-0.05, 0) is 30.3 Å². The minimum absolute atomic E-state index is 0.0425. The van der Waals surface area contributed by atoms with Crippen LogP contribution < -0.4 is 4.74 Å². The zero-order valence-electron chi connectivity index (χ0n) is 16.1. The summed E-state index contributed by atoms with van der Waals surface area (Å²) in [6, 6.07) is 9.69. The van der Waals surface area contributed by atoms with E-state index in [0.717, 1.165) is 12.1 Å². The Balaban J connectivity index is 2.18. The van der Waals surface area contributed by atoms with Crippen molar-refractivity contribution in [2.75, 3.05) is 0 Å². The Labute approximate surface area is 186 Å². The number of hydrogen-bond donors (Lipinski definition) is 4. The summed E-state index contributed by atoms with van der Waals surface area (Å²) in [4.78, 5) is 23.1. The second-order valence-corrected chi connectivity index (χ2v) is 9.55. The maximum atomic E-state index is 13.1. The molecule has 170 valence electrons. The average molecular weight is 492 g/mol. The van der Waals surface area contributed by atoms with Crippen LogP contribution in [0.3, 0.4) is 0 Å². The van der Waals surface area contributed by atoms with Crippen LogP contribution in [0.5, 0.6) is 23.0 Å². The number of ether oxygens (including phenoxy) is 1. The van der Waals surface area contributed by atoms with Crippen LogP contribution in [0, 0.1) is 0 Å². The first-order valence-electron chi connectivity index (χ1n) is 8.85. The Kier molecular flexibility index (Phi) is 5.01. The molecule has 0 heterocycles. The molecule has 0 spiro atoms.